The van der Waals surface area contributed by atoms with Crippen molar-refractivity contribution in [1.82, 2.24) is 9.78 Å². The molecule has 0 bridgehead atoms. The normalized spacial score (nSPS) is 11.1. The Labute approximate surface area is 162 Å². The fourth-order valence-electron chi connectivity index (χ4n) is 1.79. The third-order valence-electron chi connectivity index (χ3n) is 2.81. The molecule has 1 aromatic carbocycles. The molecule has 1 heterocycles. The van der Waals surface area contributed by atoms with Gasteiger partial charge in [0, 0.05) is 7.05 Å². The van der Waals surface area contributed by atoms with Crippen LogP contribution in [0.3, 0.4) is 0 Å². The second-order valence-electron chi connectivity index (χ2n) is 4.45. The van der Waals surface area contributed by atoms with Crippen molar-refractivity contribution < 1.29 is 73.5 Å². The average molecular weight is 326 g/mol. The first kappa shape index (κ1) is 18.7. The Morgan fingerprint density at radius 3 is 2.43 bits per heavy atom. The predicted octanol–water partition coefficient (Wildman–Crippen LogP) is -0.495. The number of nitrogens with zero attached hydrogens (tertiary/aromatic N) is 2. The zero-order valence-corrected chi connectivity index (χ0v) is 15.0. The molecule has 0 saturated carbocycles. The third kappa shape index (κ3) is 4.82. The molecule has 0 amide bonds. The standard InChI is InChI=1S/C12H12BF4N2O.K/c1-8-5-10(19(2)18-8)7-20-12-6-9(13(15,16)17)3-4-11(12)14;/h3-6H,7H2,1-2H3;/q-1;+1. The number of hydrogen-bond donors (Lipinski definition) is 0. The molecule has 0 radical (unpaired) electrons. The fourth-order valence-corrected chi connectivity index (χ4v) is 1.79. The van der Waals surface area contributed by atoms with Crippen molar-refractivity contribution in [2.45, 2.75) is 13.5 Å². The molecule has 0 fully saturated rings. The number of ether oxygens (including phenoxy) is 1. The van der Waals surface area contributed by atoms with E-state index < -0.39 is 24.0 Å². The van der Waals surface area contributed by atoms with Gasteiger partial charge in [-0.15, -0.1) is 5.46 Å². The third-order valence-corrected chi connectivity index (χ3v) is 2.81. The van der Waals surface area contributed by atoms with E-state index in [1.54, 1.807) is 20.0 Å². The van der Waals surface area contributed by atoms with Crippen LogP contribution in [0.25, 0.3) is 0 Å². The SMILES string of the molecule is Cc1cc(COc2cc([B-](F)(F)F)ccc2F)n(C)n1.[K+]. The summed E-state index contributed by atoms with van der Waals surface area (Å²) in [6, 6.07) is 3.86. The monoisotopic (exact) mass is 326 g/mol. The number of aromatic nitrogens is 2. The maximum Gasteiger partial charge on any atom is 1.00 e. The average Bonchev–Trinajstić information content (AvgIpc) is 2.65. The van der Waals surface area contributed by atoms with E-state index >= 15 is 0 Å². The minimum Gasteiger partial charge on any atom is -0.484 e. The summed E-state index contributed by atoms with van der Waals surface area (Å²) in [5, 5.41) is 4.07. The van der Waals surface area contributed by atoms with E-state index in [2.05, 4.69) is 5.10 Å². The van der Waals surface area contributed by atoms with Gasteiger partial charge < -0.3 is 17.7 Å². The fraction of sp³-hybridized carbons (Fsp3) is 0.250. The van der Waals surface area contributed by atoms with Crippen molar-refractivity contribution in [2.75, 3.05) is 0 Å². The van der Waals surface area contributed by atoms with Crippen LogP contribution < -0.4 is 61.6 Å². The Balaban J connectivity index is 0.00000220. The molecule has 1 aromatic heterocycles. The summed E-state index contributed by atoms with van der Waals surface area (Å²) in [5.41, 5.74) is 0.506. The van der Waals surface area contributed by atoms with Crippen LogP contribution in [0.2, 0.25) is 0 Å². The Kier molecular flexibility index (Phi) is 6.48. The van der Waals surface area contributed by atoms with Crippen LogP contribution in [-0.2, 0) is 13.7 Å². The van der Waals surface area contributed by atoms with Gasteiger partial charge in [0.2, 0.25) is 0 Å². The van der Waals surface area contributed by atoms with Gasteiger partial charge in [0.25, 0.3) is 0 Å². The van der Waals surface area contributed by atoms with Crippen molar-refractivity contribution in [3.05, 3.63) is 41.5 Å². The van der Waals surface area contributed by atoms with Gasteiger partial charge in [-0.3, -0.25) is 4.68 Å². The molecule has 0 saturated heterocycles. The molecular formula is C12H12BF4KN2O. The van der Waals surface area contributed by atoms with E-state index in [0.29, 0.717) is 17.8 Å². The Hall–Kier alpha value is -0.349. The molecule has 21 heavy (non-hydrogen) atoms. The maximum atomic E-state index is 13.5. The van der Waals surface area contributed by atoms with Crippen LogP contribution in [0, 0.1) is 12.7 Å². The largest absolute Gasteiger partial charge is 1.00 e. The molecule has 3 nitrogen and oxygen atoms in total. The molecule has 0 aliphatic rings. The van der Waals surface area contributed by atoms with Crippen LogP contribution in [-0.4, -0.2) is 16.8 Å². The topological polar surface area (TPSA) is 27.1 Å². The first-order valence-corrected chi connectivity index (χ1v) is 5.89. The molecule has 108 valence electrons. The Morgan fingerprint density at radius 2 is 1.90 bits per heavy atom. The zero-order valence-electron chi connectivity index (χ0n) is 11.9. The number of halogens is 4. The summed E-state index contributed by atoms with van der Waals surface area (Å²) >= 11 is 0. The second kappa shape index (κ2) is 7.28. The van der Waals surface area contributed by atoms with Gasteiger partial charge in [-0.1, -0.05) is 6.07 Å². The van der Waals surface area contributed by atoms with Crippen molar-refractivity contribution in [3.63, 3.8) is 0 Å². The quantitative estimate of drug-likeness (QED) is 0.560. The first-order valence-electron chi connectivity index (χ1n) is 5.89. The minimum absolute atomic E-state index is 0. The van der Waals surface area contributed by atoms with Gasteiger partial charge in [-0.25, -0.2) is 4.39 Å². The van der Waals surface area contributed by atoms with E-state index in [-0.39, 0.29) is 58.0 Å². The van der Waals surface area contributed by atoms with Crippen LogP contribution >= 0.6 is 0 Å². The number of benzene rings is 1. The smallest absolute Gasteiger partial charge is 0.484 e. The summed E-state index contributed by atoms with van der Waals surface area (Å²) in [5.74, 6) is -1.24. The number of rotatable bonds is 4. The van der Waals surface area contributed by atoms with Crippen molar-refractivity contribution in [1.29, 1.82) is 0 Å². The van der Waals surface area contributed by atoms with E-state index in [1.165, 1.54) is 4.68 Å². The van der Waals surface area contributed by atoms with Crippen LogP contribution in [0.1, 0.15) is 11.4 Å². The van der Waals surface area contributed by atoms with E-state index in [1.807, 2.05) is 0 Å². The van der Waals surface area contributed by atoms with Crippen LogP contribution in [0.15, 0.2) is 24.3 Å². The predicted molar refractivity (Wildman–Crippen MR) is 67.4 cm³/mol. The van der Waals surface area contributed by atoms with Gasteiger partial charge in [0.15, 0.2) is 11.6 Å². The Morgan fingerprint density at radius 1 is 1.24 bits per heavy atom. The zero-order chi connectivity index (χ0) is 14.9. The van der Waals surface area contributed by atoms with Crippen molar-refractivity contribution >= 4 is 12.4 Å². The van der Waals surface area contributed by atoms with Crippen LogP contribution in [0.4, 0.5) is 17.3 Å². The molecule has 0 aliphatic carbocycles. The number of aryl methyl sites for hydroxylation is 2. The van der Waals surface area contributed by atoms with Gasteiger partial charge >= 0.3 is 58.4 Å². The molecule has 0 unspecified atom stereocenters. The van der Waals surface area contributed by atoms with Crippen molar-refractivity contribution in [3.8, 4) is 5.75 Å². The molecule has 0 spiro atoms. The van der Waals surface area contributed by atoms with E-state index in [4.69, 9.17) is 4.74 Å². The molecule has 0 aliphatic heterocycles. The van der Waals surface area contributed by atoms with E-state index in [9.17, 15) is 17.3 Å². The summed E-state index contributed by atoms with van der Waals surface area (Å²) < 4.78 is 57.9. The molecule has 2 aromatic rings. The number of hydrogen-bond acceptors (Lipinski definition) is 2. The summed E-state index contributed by atoms with van der Waals surface area (Å²) in [6.45, 7) is -3.46. The summed E-state index contributed by atoms with van der Waals surface area (Å²) in [4.78, 5) is 0. The maximum absolute atomic E-state index is 13.5. The van der Waals surface area contributed by atoms with E-state index in [0.717, 1.165) is 11.8 Å². The van der Waals surface area contributed by atoms with Gasteiger partial charge in [0.1, 0.15) is 6.61 Å². The summed E-state index contributed by atoms with van der Waals surface area (Å²) in [6.07, 6.45) is 0. The minimum atomic E-state index is -5.18. The van der Waals surface area contributed by atoms with Gasteiger partial charge in [0.05, 0.1) is 11.4 Å². The Bertz CT molecular complexity index is 630. The first-order chi connectivity index (χ1) is 9.27. The molecule has 9 heteroatoms. The summed E-state index contributed by atoms with van der Waals surface area (Å²) in [7, 11) is 1.68. The molecule has 0 N–H and O–H groups in total. The van der Waals surface area contributed by atoms with Crippen molar-refractivity contribution in [2.24, 2.45) is 7.05 Å². The molecule has 0 atom stereocenters. The molecular weight excluding hydrogens is 314 g/mol. The second-order valence-corrected chi connectivity index (χ2v) is 4.45. The van der Waals surface area contributed by atoms with Gasteiger partial charge in [-0.05, 0) is 25.1 Å². The van der Waals surface area contributed by atoms with Gasteiger partial charge in [-0.2, -0.15) is 5.10 Å². The molecule has 2 rings (SSSR count). The van der Waals surface area contributed by atoms with Crippen LogP contribution in [0.5, 0.6) is 5.75 Å².